The van der Waals surface area contributed by atoms with Crippen LogP contribution in [0.3, 0.4) is 0 Å². The molecule has 0 spiro atoms. The first-order valence-electron chi connectivity index (χ1n) is 0.667. The van der Waals surface area contributed by atoms with E-state index in [4.69, 9.17) is 13.3 Å². The summed E-state index contributed by atoms with van der Waals surface area (Å²) in [5.74, 6) is 0. The van der Waals surface area contributed by atoms with Gasteiger partial charge in [-0.05, 0) is 11.2 Å². The Morgan fingerprint density at radius 1 is 1.43 bits per heavy atom. The molecular formula is BiKO3S2+2. The van der Waals surface area contributed by atoms with Crippen molar-refractivity contribution < 1.29 is 64.7 Å². The Hall–Kier alpha value is 2.81. The summed E-state index contributed by atoms with van der Waals surface area (Å²) in [5.41, 5.74) is 0. The molecule has 0 atom stereocenters. The molecule has 2 radical (unpaired) electrons. The molecule has 0 bridgehead atoms. The van der Waals surface area contributed by atoms with Gasteiger partial charge in [0, 0.05) is 0 Å². The first-order valence-corrected chi connectivity index (χ1v) is 3.00. The molecule has 34 valence electrons. The van der Waals surface area contributed by atoms with Gasteiger partial charge in [0.1, 0.15) is 0 Å². The molecule has 7 heteroatoms. The van der Waals surface area contributed by atoms with Crippen molar-refractivity contribution in [2.24, 2.45) is 0 Å². The molecule has 0 saturated carbocycles. The van der Waals surface area contributed by atoms with E-state index in [0.717, 1.165) is 0 Å². The zero-order chi connectivity index (χ0) is 4.50. The number of hydrogen-bond acceptors (Lipinski definition) is 4. The van der Waals surface area contributed by atoms with Crippen LogP contribution >= 0.6 is 0 Å². The molecule has 0 saturated heterocycles. The summed E-state index contributed by atoms with van der Waals surface area (Å²) in [6.07, 6.45) is 0. The molecule has 0 rings (SSSR count). The van der Waals surface area contributed by atoms with E-state index < -0.39 is 9.05 Å². The average molecular weight is 360 g/mol. The summed E-state index contributed by atoms with van der Waals surface area (Å²) in [7, 11) is -4.33. The molecule has 0 aromatic heterocycles. The van der Waals surface area contributed by atoms with E-state index in [2.05, 4.69) is 11.2 Å². The van der Waals surface area contributed by atoms with Crippen LogP contribution in [-0.2, 0) is 20.2 Å². The van der Waals surface area contributed by atoms with Crippen LogP contribution in [0.25, 0.3) is 0 Å². The van der Waals surface area contributed by atoms with Crippen molar-refractivity contribution in [1.82, 2.24) is 0 Å². The zero-order valence-electron chi connectivity index (χ0n) is 3.49. The van der Waals surface area contributed by atoms with E-state index in [1.807, 2.05) is 0 Å². The van der Waals surface area contributed by atoms with Gasteiger partial charge in [0.15, 0.2) is 0 Å². The fourth-order valence-corrected chi connectivity index (χ4v) is 0. The maximum absolute atomic E-state index is 8.89. The van der Waals surface area contributed by atoms with Gasteiger partial charge in [-0.25, -0.2) is 0 Å². The molecule has 0 aromatic carbocycles. The molecule has 0 fully saturated rings. The third-order valence-electron chi connectivity index (χ3n) is 0. The molecule has 0 N–H and O–H groups in total. The van der Waals surface area contributed by atoms with Crippen LogP contribution in [0.2, 0.25) is 0 Å². The Morgan fingerprint density at radius 3 is 1.43 bits per heavy atom. The normalized spacial score (nSPS) is 8.29. The minimum atomic E-state index is -4.33. The molecule has 0 aliphatic heterocycles. The quantitative estimate of drug-likeness (QED) is 0.410. The van der Waals surface area contributed by atoms with Crippen LogP contribution < -0.4 is 51.4 Å². The minimum absolute atomic E-state index is 0. The van der Waals surface area contributed by atoms with Crippen molar-refractivity contribution in [3.8, 4) is 0 Å². The maximum atomic E-state index is 8.89. The molecule has 7 heavy (non-hydrogen) atoms. The van der Waals surface area contributed by atoms with Crippen LogP contribution in [0, 0.1) is 0 Å². The molecule has 3 nitrogen and oxygen atoms in total. The summed E-state index contributed by atoms with van der Waals surface area (Å²) < 4.78 is 26.7. The molecule has 0 unspecified atom stereocenters. The summed E-state index contributed by atoms with van der Waals surface area (Å²) >= 11 is 3.24. The third-order valence-corrected chi connectivity index (χ3v) is 0. The summed E-state index contributed by atoms with van der Waals surface area (Å²) in [6, 6.07) is 0. The first kappa shape index (κ1) is 16.4. The Labute approximate surface area is 109 Å². The molecular weight excluding hydrogens is 360 g/mol. The van der Waals surface area contributed by atoms with E-state index >= 15 is 0 Å². The van der Waals surface area contributed by atoms with Crippen molar-refractivity contribution in [3.05, 3.63) is 0 Å². The fourth-order valence-electron chi connectivity index (χ4n) is 0. The second kappa shape index (κ2) is 6.92. The van der Waals surface area contributed by atoms with E-state index in [-0.39, 0.29) is 77.6 Å². The first-order chi connectivity index (χ1) is 2.00. The average Bonchev–Trinajstić information content (AvgIpc) is 0.722. The van der Waals surface area contributed by atoms with Crippen LogP contribution in [0.1, 0.15) is 0 Å². The summed E-state index contributed by atoms with van der Waals surface area (Å²) in [6.45, 7) is 0. The number of rotatable bonds is 0. The molecule has 0 aliphatic carbocycles. The topological polar surface area (TPSA) is 63.2 Å². The third kappa shape index (κ3) is 51.8. The Kier molecular flexibility index (Phi) is 16.2. The van der Waals surface area contributed by atoms with Gasteiger partial charge in [0.25, 0.3) is 0 Å². The Morgan fingerprint density at radius 2 is 1.43 bits per heavy atom. The van der Waals surface area contributed by atoms with Crippen LogP contribution in [0.5, 0.6) is 0 Å². The van der Waals surface area contributed by atoms with E-state index in [9.17, 15) is 0 Å². The van der Waals surface area contributed by atoms with Gasteiger partial charge in [-0.2, -0.15) is 0 Å². The molecule has 0 aliphatic rings. The van der Waals surface area contributed by atoms with Gasteiger partial charge < -0.3 is 9.11 Å². The standard InChI is InChI=1S/Bi.K.H2O3S2/c;;1-5(2,3)4/h;;(H2,1,2,3,4)/q+3;+1;/p-2. The number of hydrogen-bond donors (Lipinski definition) is 0. The van der Waals surface area contributed by atoms with E-state index in [0.29, 0.717) is 0 Å². The molecule has 0 amide bonds. The van der Waals surface area contributed by atoms with Crippen molar-refractivity contribution in [1.29, 1.82) is 0 Å². The molecule has 0 heterocycles. The summed E-state index contributed by atoms with van der Waals surface area (Å²) in [5, 5.41) is 0. The SMILES string of the molecule is O=S([O-])([O-])=S.[Bi+3].[K+]. The predicted octanol–water partition coefficient (Wildman–Crippen LogP) is -4.38. The van der Waals surface area contributed by atoms with Gasteiger partial charge in [0.05, 0.1) is 0 Å². The smallest absolute Gasteiger partial charge is 0.780 e. The molecule has 0 aromatic rings. The minimum Gasteiger partial charge on any atom is -0.780 e. The van der Waals surface area contributed by atoms with Crippen molar-refractivity contribution >= 4 is 46.4 Å². The van der Waals surface area contributed by atoms with Crippen LogP contribution in [0.4, 0.5) is 0 Å². The fraction of sp³-hybridized carbons (Fsp3) is 0. The van der Waals surface area contributed by atoms with Crippen LogP contribution in [0.15, 0.2) is 0 Å². The predicted molar refractivity (Wildman–Crippen MR) is 22.8 cm³/mol. The monoisotopic (exact) mass is 360 g/mol. The van der Waals surface area contributed by atoms with Crippen molar-refractivity contribution in [2.45, 2.75) is 0 Å². The second-order valence-electron chi connectivity index (χ2n) is 0.408. The Bertz CT molecular complexity index is 96.1. The van der Waals surface area contributed by atoms with Crippen molar-refractivity contribution in [2.75, 3.05) is 0 Å². The summed E-state index contributed by atoms with van der Waals surface area (Å²) in [4.78, 5) is 0. The zero-order valence-corrected chi connectivity index (χ0v) is 11.7. The van der Waals surface area contributed by atoms with E-state index in [1.54, 1.807) is 0 Å². The Balaban J connectivity index is -0.0000000800. The van der Waals surface area contributed by atoms with Gasteiger partial charge in [0.2, 0.25) is 0 Å². The largest absolute Gasteiger partial charge is 3.00 e. The second-order valence-corrected chi connectivity index (χ2v) is 2.45. The van der Waals surface area contributed by atoms with Gasteiger partial charge in [-0.15, -0.1) is 9.05 Å². The van der Waals surface area contributed by atoms with Crippen molar-refractivity contribution in [3.63, 3.8) is 0 Å². The van der Waals surface area contributed by atoms with Gasteiger partial charge in [-0.3, -0.25) is 4.21 Å². The van der Waals surface area contributed by atoms with E-state index in [1.165, 1.54) is 0 Å². The van der Waals surface area contributed by atoms with Gasteiger partial charge in [-0.1, -0.05) is 0 Å². The van der Waals surface area contributed by atoms with Gasteiger partial charge >= 0.3 is 77.6 Å². The maximum Gasteiger partial charge on any atom is 3.00 e. The van der Waals surface area contributed by atoms with Crippen LogP contribution in [-0.4, -0.2) is 39.5 Å².